The number of rotatable bonds is 1. The maximum absolute atomic E-state index is 11.4. The molecule has 3 nitrogen and oxygen atoms in total. The van der Waals surface area contributed by atoms with Crippen molar-refractivity contribution in [3.8, 4) is 0 Å². The molecule has 6 heteroatoms. The molecule has 0 aromatic heterocycles. The third-order valence-electron chi connectivity index (χ3n) is 2.19. The summed E-state index contributed by atoms with van der Waals surface area (Å²) in [6.45, 7) is 0. The molecule has 0 bridgehead atoms. The predicted octanol–water partition coefficient (Wildman–Crippen LogP) is 2.59. The summed E-state index contributed by atoms with van der Waals surface area (Å²) in [6.07, 6.45) is 3.22. The standard InChI is InChI=1S/C10H11NO2S3/c1-14-10-6-15-9-5-7(16(2,12)13)3-4-8(9)11-10/h3-5H,6H2,1-2H3. The number of fused-ring (bicyclic) bond motifs is 1. The van der Waals surface area contributed by atoms with Crippen LogP contribution in [0.25, 0.3) is 0 Å². The van der Waals surface area contributed by atoms with Gasteiger partial charge in [-0.1, -0.05) is 0 Å². The number of thioether (sulfide) groups is 2. The molecule has 0 spiro atoms. The number of hydrogen-bond acceptors (Lipinski definition) is 5. The fraction of sp³-hybridized carbons (Fsp3) is 0.300. The number of aliphatic imine (C=N–C) groups is 1. The Bertz CT molecular complexity index is 549. The van der Waals surface area contributed by atoms with Crippen molar-refractivity contribution in [1.82, 2.24) is 0 Å². The molecule has 1 aromatic rings. The highest BCUT2D eigenvalue weighted by Gasteiger charge is 2.15. The van der Waals surface area contributed by atoms with Gasteiger partial charge in [0.2, 0.25) is 0 Å². The van der Waals surface area contributed by atoms with Crippen LogP contribution in [0.5, 0.6) is 0 Å². The molecule has 1 aromatic carbocycles. The first-order valence-corrected chi connectivity index (χ1v) is 8.69. The number of hydrogen-bond donors (Lipinski definition) is 0. The highest BCUT2D eigenvalue weighted by Crippen LogP contribution is 2.36. The van der Waals surface area contributed by atoms with Gasteiger partial charge in [-0.3, -0.25) is 0 Å². The van der Waals surface area contributed by atoms with Crippen LogP contribution in [-0.2, 0) is 9.84 Å². The minimum absolute atomic E-state index is 0.363. The SMILES string of the molecule is CSC1=Nc2ccc(S(C)(=O)=O)cc2SC1. The Labute approximate surface area is 104 Å². The topological polar surface area (TPSA) is 46.5 Å². The van der Waals surface area contributed by atoms with Crippen LogP contribution >= 0.6 is 23.5 Å². The fourth-order valence-electron chi connectivity index (χ4n) is 1.34. The average molecular weight is 273 g/mol. The second-order valence-electron chi connectivity index (χ2n) is 3.40. The van der Waals surface area contributed by atoms with Crippen LogP contribution in [0, 0.1) is 0 Å². The molecular formula is C10H11NO2S3. The van der Waals surface area contributed by atoms with Crippen molar-refractivity contribution in [1.29, 1.82) is 0 Å². The summed E-state index contributed by atoms with van der Waals surface area (Å²) >= 11 is 3.27. The lowest BCUT2D eigenvalue weighted by Crippen LogP contribution is -2.02. The third-order valence-corrected chi connectivity index (χ3v) is 5.25. The zero-order valence-corrected chi connectivity index (χ0v) is 11.4. The molecule has 0 amide bonds. The Morgan fingerprint density at radius 1 is 1.44 bits per heavy atom. The smallest absolute Gasteiger partial charge is 0.175 e. The van der Waals surface area contributed by atoms with Gasteiger partial charge in [-0.25, -0.2) is 13.4 Å². The molecule has 1 aliphatic rings. The first kappa shape index (κ1) is 12.0. The van der Waals surface area contributed by atoms with E-state index in [2.05, 4.69) is 4.99 Å². The average Bonchev–Trinajstić information content (AvgIpc) is 2.26. The first-order valence-electron chi connectivity index (χ1n) is 4.59. The minimum atomic E-state index is -3.12. The third kappa shape index (κ3) is 2.44. The molecule has 0 aliphatic carbocycles. The lowest BCUT2D eigenvalue weighted by molar-refractivity contribution is 0.601. The van der Waals surface area contributed by atoms with E-state index in [9.17, 15) is 8.42 Å². The molecule has 86 valence electrons. The summed E-state index contributed by atoms with van der Waals surface area (Å²) < 4.78 is 22.8. The Morgan fingerprint density at radius 3 is 2.81 bits per heavy atom. The maximum Gasteiger partial charge on any atom is 0.175 e. The highest BCUT2D eigenvalue weighted by atomic mass is 32.2. The molecule has 1 heterocycles. The van der Waals surface area contributed by atoms with E-state index < -0.39 is 9.84 Å². The second-order valence-corrected chi connectivity index (χ2v) is 7.31. The Morgan fingerprint density at radius 2 is 2.19 bits per heavy atom. The number of benzene rings is 1. The van der Waals surface area contributed by atoms with Crippen LogP contribution < -0.4 is 0 Å². The maximum atomic E-state index is 11.4. The van der Waals surface area contributed by atoms with Gasteiger partial charge < -0.3 is 0 Å². The van der Waals surface area contributed by atoms with Gasteiger partial charge in [0, 0.05) is 16.9 Å². The molecule has 0 atom stereocenters. The van der Waals surface area contributed by atoms with Crippen LogP contribution in [-0.4, -0.2) is 31.7 Å². The lowest BCUT2D eigenvalue weighted by Gasteiger charge is -2.14. The van der Waals surface area contributed by atoms with Crippen molar-refractivity contribution in [2.75, 3.05) is 18.3 Å². The van der Waals surface area contributed by atoms with Crippen molar-refractivity contribution < 1.29 is 8.42 Å². The molecule has 1 aliphatic heterocycles. The molecule has 0 N–H and O–H groups in total. The first-order chi connectivity index (χ1) is 7.50. The van der Waals surface area contributed by atoms with E-state index in [-0.39, 0.29) is 0 Å². The van der Waals surface area contributed by atoms with Gasteiger partial charge in [-0.05, 0) is 24.5 Å². The largest absolute Gasteiger partial charge is 0.245 e. The number of nitrogens with zero attached hydrogens (tertiary/aromatic N) is 1. The summed E-state index contributed by atoms with van der Waals surface area (Å²) in [6, 6.07) is 5.09. The highest BCUT2D eigenvalue weighted by molar-refractivity contribution is 8.15. The van der Waals surface area contributed by atoms with Crippen molar-refractivity contribution in [3.63, 3.8) is 0 Å². The fourth-order valence-corrected chi connectivity index (χ4v) is 3.72. The van der Waals surface area contributed by atoms with Gasteiger partial charge in [0.15, 0.2) is 9.84 Å². The predicted molar refractivity (Wildman–Crippen MR) is 70.9 cm³/mol. The van der Waals surface area contributed by atoms with E-state index in [0.29, 0.717) is 4.90 Å². The van der Waals surface area contributed by atoms with E-state index in [1.807, 2.05) is 6.26 Å². The molecule has 0 radical (unpaired) electrons. The van der Waals surface area contributed by atoms with Gasteiger partial charge in [-0.2, -0.15) is 0 Å². The lowest BCUT2D eigenvalue weighted by atomic mass is 10.3. The van der Waals surface area contributed by atoms with Gasteiger partial charge in [0.05, 0.1) is 15.6 Å². The van der Waals surface area contributed by atoms with E-state index in [1.54, 1.807) is 41.7 Å². The zero-order valence-electron chi connectivity index (χ0n) is 8.93. The Hall–Kier alpha value is -0.460. The minimum Gasteiger partial charge on any atom is -0.245 e. The van der Waals surface area contributed by atoms with Crippen LogP contribution in [0.15, 0.2) is 33.0 Å². The Kier molecular flexibility index (Phi) is 3.32. The van der Waals surface area contributed by atoms with E-state index in [4.69, 9.17) is 0 Å². The van der Waals surface area contributed by atoms with Crippen molar-refractivity contribution in [2.24, 2.45) is 4.99 Å². The van der Waals surface area contributed by atoms with E-state index >= 15 is 0 Å². The monoisotopic (exact) mass is 273 g/mol. The van der Waals surface area contributed by atoms with Gasteiger partial charge in [-0.15, -0.1) is 23.5 Å². The molecule has 0 unspecified atom stereocenters. The summed E-state index contributed by atoms with van der Waals surface area (Å²) in [4.78, 5) is 5.76. The van der Waals surface area contributed by atoms with E-state index in [0.717, 1.165) is 21.4 Å². The van der Waals surface area contributed by atoms with Crippen molar-refractivity contribution >= 4 is 44.1 Å². The second kappa shape index (κ2) is 4.43. The molecule has 0 saturated carbocycles. The summed E-state index contributed by atoms with van der Waals surface area (Å²) in [7, 11) is -3.12. The molecule has 2 rings (SSSR count). The Balaban J connectivity index is 2.47. The van der Waals surface area contributed by atoms with Crippen molar-refractivity contribution in [2.45, 2.75) is 9.79 Å². The van der Waals surface area contributed by atoms with Crippen LogP contribution in [0.4, 0.5) is 5.69 Å². The molecule has 0 fully saturated rings. The van der Waals surface area contributed by atoms with Crippen LogP contribution in [0.3, 0.4) is 0 Å². The summed E-state index contributed by atoms with van der Waals surface area (Å²) in [5.74, 6) is 0.821. The van der Waals surface area contributed by atoms with E-state index in [1.165, 1.54) is 6.26 Å². The molecule has 16 heavy (non-hydrogen) atoms. The quantitative estimate of drug-likeness (QED) is 0.789. The van der Waals surface area contributed by atoms with Crippen LogP contribution in [0.1, 0.15) is 0 Å². The van der Waals surface area contributed by atoms with Crippen LogP contribution in [0.2, 0.25) is 0 Å². The number of sulfone groups is 1. The van der Waals surface area contributed by atoms with Gasteiger partial charge in [0.1, 0.15) is 0 Å². The molecule has 0 saturated heterocycles. The summed E-state index contributed by atoms with van der Waals surface area (Å²) in [5, 5.41) is 1.07. The molecular weight excluding hydrogens is 262 g/mol. The van der Waals surface area contributed by atoms with Gasteiger partial charge >= 0.3 is 0 Å². The zero-order chi connectivity index (χ0) is 11.8. The van der Waals surface area contributed by atoms with Crippen molar-refractivity contribution in [3.05, 3.63) is 18.2 Å². The summed E-state index contributed by atoms with van der Waals surface area (Å²) in [5.41, 5.74) is 0.869. The normalized spacial score (nSPS) is 15.5. The van der Waals surface area contributed by atoms with Gasteiger partial charge in [0.25, 0.3) is 0 Å².